The van der Waals surface area contributed by atoms with Gasteiger partial charge in [-0.3, -0.25) is 9.97 Å². The summed E-state index contributed by atoms with van der Waals surface area (Å²) in [6.07, 6.45) is 1.87. The van der Waals surface area contributed by atoms with Gasteiger partial charge < -0.3 is 5.11 Å². The molecule has 0 fully saturated rings. The zero-order chi connectivity index (χ0) is 28.9. The van der Waals surface area contributed by atoms with E-state index < -0.39 is 5.41 Å². The molecule has 0 saturated carbocycles. The first-order valence-corrected chi connectivity index (χ1v) is 14.4. The molecule has 2 heterocycles. The smallest absolute Gasteiger partial charge is 0.123 e. The summed E-state index contributed by atoms with van der Waals surface area (Å²) in [4.78, 5) is 10.5. The van der Waals surface area contributed by atoms with Crippen molar-refractivity contribution in [2.45, 2.75) is 31.6 Å². The van der Waals surface area contributed by atoms with Crippen LogP contribution in [0.5, 0.6) is 5.75 Å². The maximum atomic E-state index is 10.7. The molecule has 1 N–H and O–H groups in total. The summed E-state index contributed by atoms with van der Waals surface area (Å²) in [5.41, 5.74) is 10.8. The quantitative estimate of drug-likeness (QED) is 0.240. The molecule has 3 heteroatoms. The van der Waals surface area contributed by atoms with E-state index in [1.165, 1.54) is 27.8 Å². The van der Waals surface area contributed by atoms with Crippen LogP contribution in [0.4, 0.5) is 0 Å². The van der Waals surface area contributed by atoms with Gasteiger partial charge >= 0.3 is 0 Å². The number of aromatic nitrogens is 2. The van der Waals surface area contributed by atoms with Gasteiger partial charge in [0.05, 0.1) is 17.1 Å². The fourth-order valence-electron chi connectivity index (χ4n) is 6.59. The molecule has 0 saturated heterocycles. The van der Waals surface area contributed by atoms with E-state index in [1.807, 2.05) is 30.5 Å². The number of phenolic OH excluding ortho intramolecular Hbond substituents is 1. The van der Waals surface area contributed by atoms with Crippen LogP contribution in [-0.2, 0) is 10.8 Å². The van der Waals surface area contributed by atoms with Crippen LogP contribution in [0.15, 0.2) is 134 Å². The molecule has 1 aliphatic rings. The van der Waals surface area contributed by atoms with Gasteiger partial charge in [0.15, 0.2) is 0 Å². The van der Waals surface area contributed by atoms with Gasteiger partial charge in [-0.15, -0.1) is 0 Å². The normalized spacial score (nSPS) is 13.4. The van der Waals surface area contributed by atoms with E-state index in [4.69, 9.17) is 9.97 Å². The Labute approximate surface area is 247 Å². The Morgan fingerprint density at radius 1 is 0.571 bits per heavy atom. The first-order chi connectivity index (χ1) is 20.4. The molecule has 2 aromatic heterocycles. The first-order valence-electron chi connectivity index (χ1n) is 14.4. The Hall–Kier alpha value is -5.02. The summed E-state index contributed by atoms with van der Waals surface area (Å²) >= 11 is 0. The predicted octanol–water partition coefficient (Wildman–Crippen LogP) is 9.18. The van der Waals surface area contributed by atoms with Crippen LogP contribution >= 0.6 is 0 Å². The number of nitrogens with zero attached hydrogens (tertiary/aromatic N) is 2. The van der Waals surface area contributed by atoms with Gasteiger partial charge in [0, 0.05) is 17.3 Å². The third-order valence-electron chi connectivity index (χ3n) is 8.45. The van der Waals surface area contributed by atoms with Gasteiger partial charge in [-0.25, -0.2) is 0 Å². The summed E-state index contributed by atoms with van der Waals surface area (Å²) in [7, 11) is 0. The lowest BCUT2D eigenvalue weighted by atomic mass is 9.72. The molecule has 0 unspecified atom stereocenters. The van der Waals surface area contributed by atoms with Gasteiger partial charge in [0.1, 0.15) is 11.2 Å². The molecule has 0 radical (unpaired) electrons. The third-order valence-corrected chi connectivity index (χ3v) is 8.45. The second-order valence-corrected chi connectivity index (χ2v) is 12.0. The molecule has 0 amide bonds. The topological polar surface area (TPSA) is 46.0 Å². The molecule has 0 spiro atoms. The van der Waals surface area contributed by atoms with E-state index in [2.05, 4.69) is 118 Å². The molecule has 3 nitrogen and oxygen atoms in total. The molecule has 42 heavy (non-hydrogen) atoms. The lowest BCUT2D eigenvalue weighted by Crippen LogP contribution is -2.31. The zero-order valence-electron chi connectivity index (χ0n) is 24.0. The Kier molecular flexibility index (Phi) is 6.06. The van der Waals surface area contributed by atoms with E-state index in [9.17, 15) is 5.11 Å². The summed E-state index contributed by atoms with van der Waals surface area (Å²) in [5.74, 6) is 0.266. The van der Waals surface area contributed by atoms with Crippen molar-refractivity contribution in [1.82, 2.24) is 9.97 Å². The van der Waals surface area contributed by atoms with Crippen LogP contribution in [0.2, 0.25) is 0 Å². The highest BCUT2D eigenvalue weighted by atomic mass is 16.3. The number of phenols is 1. The molecular weight excluding hydrogens is 512 g/mol. The summed E-state index contributed by atoms with van der Waals surface area (Å²) in [6, 6.07) is 43.7. The van der Waals surface area contributed by atoms with Crippen LogP contribution in [0.3, 0.4) is 0 Å². The molecule has 6 aromatic rings. The molecule has 0 atom stereocenters. The standard InChI is InChI=1S/C39H32N2O/c1-38(2,3)31-23-22-26(27-13-6-9-19-35(27)42)25-30(31)34-18-12-21-37(41-34)39(36-20-10-11-24-40-36)32-16-7-4-14-28(32)29-15-5-8-17-33(29)39/h4-25,42H,1-3H3. The minimum Gasteiger partial charge on any atom is -0.507 e. The fourth-order valence-corrected chi connectivity index (χ4v) is 6.59. The Balaban J connectivity index is 1.52. The van der Waals surface area contributed by atoms with Crippen molar-refractivity contribution >= 4 is 0 Å². The summed E-state index contributed by atoms with van der Waals surface area (Å²) in [6.45, 7) is 6.69. The monoisotopic (exact) mass is 544 g/mol. The van der Waals surface area contributed by atoms with E-state index in [1.54, 1.807) is 6.07 Å². The van der Waals surface area contributed by atoms with Gasteiger partial charge in [-0.1, -0.05) is 112 Å². The predicted molar refractivity (Wildman–Crippen MR) is 171 cm³/mol. The van der Waals surface area contributed by atoms with Crippen molar-refractivity contribution in [2.75, 3.05) is 0 Å². The van der Waals surface area contributed by atoms with Gasteiger partial charge in [-0.05, 0) is 75.2 Å². The lowest BCUT2D eigenvalue weighted by Gasteiger charge is -2.32. The lowest BCUT2D eigenvalue weighted by molar-refractivity contribution is 0.477. The minimum absolute atomic E-state index is 0.116. The van der Waals surface area contributed by atoms with E-state index in [-0.39, 0.29) is 11.2 Å². The average molecular weight is 545 g/mol. The summed E-state index contributed by atoms with van der Waals surface area (Å²) < 4.78 is 0. The second kappa shape index (κ2) is 9.81. The number of hydrogen-bond donors (Lipinski definition) is 1. The van der Waals surface area contributed by atoms with Crippen LogP contribution in [0, 0.1) is 0 Å². The van der Waals surface area contributed by atoms with Gasteiger partial charge in [0.25, 0.3) is 0 Å². The largest absolute Gasteiger partial charge is 0.507 e. The molecule has 7 rings (SSSR count). The third kappa shape index (κ3) is 3.96. The number of rotatable bonds is 4. The van der Waals surface area contributed by atoms with Crippen molar-refractivity contribution in [2.24, 2.45) is 0 Å². The number of para-hydroxylation sites is 1. The van der Waals surface area contributed by atoms with Crippen LogP contribution in [0.25, 0.3) is 33.5 Å². The van der Waals surface area contributed by atoms with Crippen molar-refractivity contribution in [3.63, 3.8) is 0 Å². The number of hydrogen-bond acceptors (Lipinski definition) is 3. The number of pyridine rings is 2. The highest BCUT2D eigenvalue weighted by Gasteiger charge is 2.48. The second-order valence-electron chi connectivity index (χ2n) is 12.0. The van der Waals surface area contributed by atoms with Crippen molar-refractivity contribution in [3.05, 3.63) is 162 Å². The maximum Gasteiger partial charge on any atom is 0.123 e. The molecular formula is C39H32N2O. The summed E-state index contributed by atoms with van der Waals surface area (Å²) in [5, 5.41) is 10.7. The average Bonchev–Trinajstić information content (AvgIpc) is 3.32. The van der Waals surface area contributed by atoms with Crippen LogP contribution in [0.1, 0.15) is 48.8 Å². The van der Waals surface area contributed by atoms with Crippen molar-refractivity contribution in [1.29, 1.82) is 0 Å². The van der Waals surface area contributed by atoms with Crippen molar-refractivity contribution in [3.8, 4) is 39.3 Å². The molecule has 204 valence electrons. The highest BCUT2D eigenvalue weighted by Crippen LogP contribution is 2.55. The number of fused-ring (bicyclic) bond motifs is 3. The van der Waals surface area contributed by atoms with Crippen molar-refractivity contribution < 1.29 is 5.11 Å². The van der Waals surface area contributed by atoms with E-state index >= 15 is 0 Å². The molecule has 4 aromatic carbocycles. The minimum atomic E-state index is -0.665. The Morgan fingerprint density at radius 2 is 1.19 bits per heavy atom. The van der Waals surface area contributed by atoms with Crippen LogP contribution < -0.4 is 0 Å². The molecule has 0 aliphatic heterocycles. The number of aromatic hydroxyl groups is 1. The van der Waals surface area contributed by atoms with E-state index in [0.29, 0.717) is 0 Å². The fraction of sp³-hybridized carbons (Fsp3) is 0.128. The Bertz CT molecular complexity index is 1890. The molecule has 1 aliphatic carbocycles. The molecule has 0 bridgehead atoms. The van der Waals surface area contributed by atoms with E-state index in [0.717, 1.165) is 33.8 Å². The maximum absolute atomic E-state index is 10.7. The van der Waals surface area contributed by atoms with Gasteiger partial charge in [0.2, 0.25) is 0 Å². The highest BCUT2D eigenvalue weighted by molar-refractivity contribution is 5.86. The first kappa shape index (κ1) is 25.9. The SMILES string of the molecule is CC(C)(C)c1ccc(-c2ccccc2O)cc1-c1cccc(C2(c3ccccn3)c3ccccc3-c3ccccc32)n1. The number of benzene rings is 4. The van der Waals surface area contributed by atoms with Gasteiger partial charge in [-0.2, -0.15) is 0 Å². The zero-order valence-corrected chi connectivity index (χ0v) is 24.0. The van der Waals surface area contributed by atoms with Crippen LogP contribution in [-0.4, -0.2) is 15.1 Å². The Morgan fingerprint density at radius 3 is 1.83 bits per heavy atom.